The van der Waals surface area contributed by atoms with Crippen LogP contribution in [0.1, 0.15) is 44.9 Å². The van der Waals surface area contributed by atoms with Crippen molar-refractivity contribution < 1.29 is 8.42 Å². The van der Waals surface area contributed by atoms with Gasteiger partial charge in [0.15, 0.2) is 0 Å². The molecule has 16 heavy (non-hydrogen) atoms. The Bertz CT molecular complexity index is 375. The van der Waals surface area contributed by atoms with Gasteiger partial charge in [-0.05, 0) is 31.6 Å². The van der Waals surface area contributed by atoms with Crippen molar-refractivity contribution in [2.24, 2.45) is 5.92 Å². The Morgan fingerprint density at radius 3 is 2.25 bits per heavy atom. The van der Waals surface area contributed by atoms with Gasteiger partial charge in [0.1, 0.15) is 6.04 Å². The van der Waals surface area contributed by atoms with Crippen LogP contribution in [0.15, 0.2) is 0 Å². The van der Waals surface area contributed by atoms with E-state index in [4.69, 9.17) is 5.26 Å². The summed E-state index contributed by atoms with van der Waals surface area (Å²) in [5, 5.41) is 8.84. The van der Waals surface area contributed by atoms with Gasteiger partial charge in [0.25, 0.3) is 0 Å². The molecule has 1 N–H and O–H groups in total. The molecule has 2 saturated carbocycles. The van der Waals surface area contributed by atoms with Gasteiger partial charge in [-0.15, -0.1) is 0 Å². The predicted molar refractivity (Wildman–Crippen MR) is 61.1 cm³/mol. The zero-order valence-electron chi connectivity index (χ0n) is 9.35. The highest BCUT2D eigenvalue weighted by atomic mass is 32.2. The van der Waals surface area contributed by atoms with Gasteiger partial charge in [-0.3, -0.25) is 0 Å². The summed E-state index contributed by atoms with van der Waals surface area (Å²) in [4.78, 5) is 0. The van der Waals surface area contributed by atoms with Gasteiger partial charge in [-0.2, -0.15) is 9.98 Å². The highest BCUT2D eigenvalue weighted by Gasteiger charge is 2.38. The van der Waals surface area contributed by atoms with Crippen LogP contribution in [-0.2, 0) is 10.0 Å². The van der Waals surface area contributed by atoms with E-state index in [1.54, 1.807) is 0 Å². The predicted octanol–water partition coefficient (Wildman–Crippen LogP) is 1.54. The summed E-state index contributed by atoms with van der Waals surface area (Å²) in [5.41, 5.74) is 0. The summed E-state index contributed by atoms with van der Waals surface area (Å²) in [6.07, 6.45) is 6.90. The fourth-order valence-electron chi connectivity index (χ4n) is 2.35. The largest absolute Gasteiger partial charge is 0.215 e. The third-order valence-corrected chi connectivity index (χ3v) is 5.45. The number of nitrogens with one attached hydrogen (secondary N) is 1. The molecule has 0 aromatic carbocycles. The Labute approximate surface area is 97.1 Å². The summed E-state index contributed by atoms with van der Waals surface area (Å²) in [6, 6.07) is 1.61. The van der Waals surface area contributed by atoms with Crippen LogP contribution >= 0.6 is 0 Å². The Balaban J connectivity index is 1.97. The van der Waals surface area contributed by atoms with E-state index in [0.29, 0.717) is 0 Å². The number of nitrogens with zero attached hydrogens (tertiary/aromatic N) is 1. The van der Waals surface area contributed by atoms with Crippen LogP contribution in [-0.4, -0.2) is 19.7 Å². The maximum atomic E-state index is 11.7. The zero-order valence-corrected chi connectivity index (χ0v) is 10.2. The average molecular weight is 242 g/mol. The first-order valence-corrected chi connectivity index (χ1v) is 7.59. The van der Waals surface area contributed by atoms with E-state index >= 15 is 0 Å². The highest BCUT2D eigenvalue weighted by Crippen LogP contribution is 2.30. The molecule has 1 unspecified atom stereocenters. The molecule has 0 amide bonds. The van der Waals surface area contributed by atoms with Crippen LogP contribution in [0.25, 0.3) is 0 Å². The first-order chi connectivity index (χ1) is 7.63. The third kappa shape index (κ3) is 2.74. The van der Waals surface area contributed by atoms with Crippen LogP contribution in [0.4, 0.5) is 0 Å². The quantitative estimate of drug-likeness (QED) is 0.813. The number of hydrogen-bond donors (Lipinski definition) is 1. The van der Waals surface area contributed by atoms with E-state index in [0.717, 1.165) is 38.5 Å². The topological polar surface area (TPSA) is 70.0 Å². The molecule has 2 fully saturated rings. The van der Waals surface area contributed by atoms with Crippen molar-refractivity contribution in [3.63, 3.8) is 0 Å². The maximum absolute atomic E-state index is 11.7. The molecule has 0 spiro atoms. The van der Waals surface area contributed by atoms with Crippen molar-refractivity contribution in [2.45, 2.75) is 56.2 Å². The van der Waals surface area contributed by atoms with E-state index < -0.39 is 16.1 Å². The number of sulfonamides is 1. The van der Waals surface area contributed by atoms with Gasteiger partial charge in [0.05, 0.1) is 11.3 Å². The van der Waals surface area contributed by atoms with Crippen LogP contribution in [0.3, 0.4) is 0 Å². The molecule has 0 heterocycles. The molecular formula is C11H18N2O2S. The van der Waals surface area contributed by atoms with E-state index in [2.05, 4.69) is 10.8 Å². The van der Waals surface area contributed by atoms with Crippen molar-refractivity contribution in [3.05, 3.63) is 0 Å². The van der Waals surface area contributed by atoms with Crippen molar-refractivity contribution in [2.75, 3.05) is 0 Å². The van der Waals surface area contributed by atoms with Crippen molar-refractivity contribution in [1.82, 2.24) is 4.72 Å². The molecule has 5 heteroatoms. The van der Waals surface area contributed by atoms with Gasteiger partial charge in [0.2, 0.25) is 10.0 Å². The fraction of sp³-hybridized carbons (Fsp3) is 0.909. The molecule has 0 aromatic rings. The molecule has 0 saturated heterocycles. The van der Waals surface area contributed by atoms with Crippen molar-refractivity contribution >= 4 is 10.0 Å². The number of hydrogen-bond acceptors (Lipinski definition) is 3. The molecule has 0 aromatic heterocycles. The molecule has 2 rings (SSSR count). The normalized spacial score (nSPS) is 24.9. The second-order valence-electron chi connectivity index (χ2n) is 4.87. The van der Waals surface area contributed by atoms with Crippen molar-refractivity contribution in [1.29, 1.82) is 5.26 Å². The second kappa shape index (κ2) is 4.72. The second-order valence-corrected chi connectivity index (χ2v) is 6.86. The maximum Gasteiger partial charge on any atom is 0.215 e. The van der Waals surface area contributed by atoms with Gasteiger partial charge >= 0.3 is 0 Å². The molecule has 0 radical (unpaired) electrons. The SMILES string of the molecule is N#CC(NS(=O)(=O)C1CC1)C1CCCCC1. The zero-order chi connectivity index (χ0) is 11.6. The van der Waals surface area contributed by atoms with Crippen LogP contribution < -0.4 is 4.72 Å². The van der Waals surface area contributed by atoms with Gasteiger partial charge in [0, 0.05) is 0 Å². The van der Waals surface area contributed by atoms with E-state index in [-0.39, 0.29) is 11.2 Å². The van der Waals surface area contributed by atoms with Crippen LogP contribution in [0, 0.1) is 17.2 Å². The summed E-state index contributed by atoms with van der Waals surface area (Å²) < 4.78 is 26.1. The van der Waals surface area contributed by atoms with Crippen LogP contribution in [0.2, 0.25) is 0 Å². The lowest BCUT2D eigenvalue weighted by molar-refractivity contribution is 0.323. The molecule has 0 bridgehead atoms. The molecule has 0 aliphatic heterocycles. The average Bonchev–Trinajstić information content (AvgIpc) is 3.11. The number of rotatable bonds is 4. The Kier molecular flexibility index (Phi) is 3.50. The standard InChI is InChI=1S/C11H18N2O2S/c12-8-11(9-4-2-1-3-5-9)13-16(14,15)10-6-7-10/h9-11,13H,1-7H2. The fourth-order valence-corrected chi connectivity index (χ4v) is 3.90. The van der Waals surface area contributed by atoms with Gasteiger partial charge in [-0.1, -0.05) is 19.3 Å². The monoisotopic (exact) mass is 242 g/mol. The van der Waals surface area contributed by atoms with Gasteiger partial charge < -0.3 is 0 Å². The smallest absolute Gasteiger partial charge is 0.212 e. The third-order valence-electron chi connectivity index (χ3n) is 3.51. The summed E-state index contributed by atoms with van der Waals surface area (Å²) in [5.74, 6) is 0.215. The molecule has 90 valence electrons. The number of nitriles is 1. The first-order valence-electron chi connectivity index (χ1n) is 6.04. The molecule has 2 aliphatic rings. The van der Waals surface area contributed by atoms with E-state index in [1.165, 1.54) is 6.42 Å². The molecule has 4 nitrogen and oxygen atoms in total. The van der Waals surface area contributed by atoms with E-state index in [9.17, 15) is 8.42 Å². The highest BCUT2D eigenvalue weighted by molar-refractivity contribution is 7.90. The summed E-state index contributed by atoms with van der Waals surface area (Å²) >= 11 is 0. The minimum absolute atomic E-state index is 0.215. The molecule has 1 atom stereocenters. The lowest BCUT2D eigenvalue weighted by Gasteiger charge is -2.26. The lowest BCUT2D eigenvalue weighted by atomic mass is 9.85. The Hall–Kier alpha value is -0.600. The Morgan fingerprint density at radius 2 is 1.75 bits per heavy atom. The minimum Gasteiger partial charge on any atom is -0.212 e. The van der Waals surface area contributed by atoms with Gasteiger partial charge in [-0.25, -0.2) is 8.42 Å². The summed E-state index contributed by atoms with van der Waals surface area (Å²) in [6.45, 7) is 0. The Morgan fingerprint density at radius 1 is 1.12 bits per heavy atom. The first kappa shape index (κ1) is 11.9. The lowest BCUT2D eigenvalue weighted by Crippen LogP contribution is -2.41. The molecular weight excluding hydrogens is 224 g/mol. The summed E-state index contributed by atoms with van der Waals surface area (Å²) in [7, 11) is -3.22. The van der Waals surface area contributed by atoms with Crippen molar-refractivity contribution in [3.8, 4) is 6.07 Å². The molecule has 2 aliphatic carbocycles. The van der Waals surface area contributed by atoms with E-state index in [1.807, 2.05) is 0 Å². The van der Waals surface area contributed by atoms with Crippen LogP contribution in [0.5, 0.6) is 0 Å². The minimum atomic E-state index is -3.22.